The van der Waals surface area contributed by atoms with E-state index in [9.17, 15) is 9.59 Å². The molecule has 0 saturated heterocycles. The van der Waals surface area contributed by atoms with E-state index in [1.54, 1.807) is 18.2 Å². The molecule has 0 aliphatic heterocycles. The summed E-state index contributed by atoms with van der Waals surface area (Å²) < 4.78 is 0. The molecule has 0 radical (unpaired) electrons. The van der Waals surface area contributed by atoms with Crippen LogP contribution in [0.4, 0.5) is 5.69 Å². The molecule has 1 aromatic carbocycles. The van der Waals surface area contributed by atoms with E-state index >= 15 is 0 Å². The maximum atomic E-state index is 11.1. The van der Waals surface area contributed by atoms with Gasteiger partial charge in [-0.1, -0.05) is 6.07 Å². The molecule has 1 heterocycles. The highest BCUT2D eigenvalue weighted by molar-refractivity contribution is 7.99. The fraction of sp³-hybridized carbons (Fsp3) is 0. The first-order chi connectivity index (χ1) is 8.58. The lowest BCUT2D eigenvalue weighted by atomic mass is 10.2. The highest BCUT2D eigenvalue weighted by atomic mass is 32.2. The molecule has 18 heavy (non-hydrogen) atoms. The number of H-pyrrole nitrogens is 1. The summed E-state index contributed by atoms with van der Waals surface area (Å²) >= 11 is 1.16. The van der Waals surface area contributed by atoms with E-state index in [4.69, 9.17) is 11.5 Å². The first kappa shape index (κ1) is 12.2. The average molecular weight is 262 g/mol. The van der Waals surface area contributed by atoms with Crippen LogP contribution in [0.1, 0.15) is 10.4 Å². The van der Waals surface area contributed by atoms with Crippen LogP contribution in [0.3, 0.4) is 0 Å². The summed E-state index contributed by atoms with van der Waals surface area (Å²) in [4.78, 5) is 29.4. The predicted molar refractivity (Wildman–Crippen MR) is 68.4 cm³/mol. The van der Waals surface area contributed by atoms with E-state index in [0.717, 1.165) is 11.8 Å². The smallest absolute Gasteiger partial charge is 0.251 e. The van der Waals surface area contributed by atoms with Crippen LogP contribution in [-0.4, -0.2) is 15.9 Å². The second-order valence-corrected chi connectivity index (χ2v) is 4.45. The number of benzene rings is 1. The largest absolute Gasteiger partial charge is 0.397 e. The van der Waals surface area contributed by atoms with Crippen LogP contribution in [0.25, 0.3) is 0 Å². The number of primary amides is 1. The van der Waals surface area contributed by atoms with Crippen LogP contribution in [0, 0.1) is 0 Å². The molecule has 5 N–H and O–H groups in total. The van der Waals surface area contributed by atoms with Crippen LogP contribution in [-0.2, 0) is 0 Å². The Morgan fingerprint density at radius 3 is 2.78 bits per heavy atom. The third kappa shape index (κ3) is 2.51. The van der Waals surface area contributed by atoms with E-state index in [0.29, 0.717) is 10.1 Å². The number of nitrogens with zero attached hydrogens (tertiary/aromatic N) is 1. The number of carbonyl (C=O) groups is 1. The van der Waals surface area contributed by atoms with Crippen molar-refractivity contribution < 1.29 is 4.79 Å². The molecular weight excluding hydrogens is 252 g/mol. The van der Waals surface area contributed by atoms with Gasteiger partial charge in [0, 0.05) is 17.2 Å². The van der Waals surface area contributed by atoms with Crippen molar-refractivity contribution in [2.45, 2.75) is 10.1 Å². The Morgan fingerprint density at radius 1 is 1.33 bits per heavy atom. The Hall–Kier alpha value is -2.28. The van der Waals surface area contributed by atoms with Crippen LogP contribution < -0.4 is 17.0 Å². The predicted octanol–water partition coefficient (Wildman–Crippen LogP) is 0.602. The van der Waals surface area contributed by atoms with Gasteiger partial charge in [0.2, 0.25) is 0 Å². The zero-order valence-electron chi connectivity index (χ0n) is 9.21. The quantitative estimate of drug-likeness (QED) is 0.553. The van der Waals surface area contributed by atoms with Crippen LogP contribution >= 0.6 is 11.8 Å². The number of nitrogens with one attached hydrogen (secondary N) is 1. The zero-order chi connectivity index (χ0) is 13.1. The standard InChI is InChI=1S/C11H10N4O2S/c12-9-6(10(13)17)2-1-3-7(9)18-11-14-5-4-8(16)15-11/h1-5H,12H2,(H2,13,17)(H,14,15,16). The van der Waals surface area contributed by atoms with Gasteiger partial charge >= 0.3 is 0 Å². The molecule has 0 fully saturated rings. The highest BCUT2D eigenvalue weighted by Crippen LogP contribution is 2.31. The fourth-order valence-corrected chi connectivity index (χ4v) is 2.20. The van der Waals surface area contributed by atoms with Gasteiger partial charge in [-0.15, -0.1) is 0 Å². The van der Waals surface area contributed by atoms with E-state index in [2.05, 4.69) is 9.97 Å². The molecule has 6 nitrogen and oxygen atoms in total. The Balaban J connectivity index is 2.38. The summed E-state index contributed by atoms with van der Waals surface area (Å²) in [5.74, 6) is -0.593. The molecule has 0 bridgehead atoms. The van der Waals surface area contributed by atoms with Gasteiger partial charge in [-0.25, -0.2) is 4.98 Å². The summed E-state index contributed by atoms with van der Waals surface area (Å²) in [5, 5.41) is 0.399. The number of amides is 1. The summed E-state index contributed by atoms with van der Waals surface area (Å²) in [6, 6.07) is 6.25. The summed E-state index contributed by atoms with van der Waals surface area (Å²) in [5.41, 5.74) is 11.3. The fourth-order valence-electron chi connectivity index (χ4n) is 1.36. The van der Waals surface area contributed by atoms with Crippen molar-refractivity contribution in [2.75, 3.05) is 5.73 Å². The molecule has 0 aliphatic carbocycles. The van der Waals surface area contributed by atoms with Gasteiger partial charge in [-0.3, -0.25) is 9.59 Å². The van der Waals surface area contributed by atoms with Gasteiger partial charge in [-0.2, -0.15) is 0 Å². The molecule has 1 amide bonds. The van der Waals surface area contributed by atoms with Gasteiger partial charge in [0.15, 0.2) is 5.16 Å². The van der Waals surface area contributed by atoms with Crippen molar-refractivity contribution in [1.29, 1.82) is 0 Å². The number of para-hydroxylation sites is 1. The average Bonchev–Trinajstić information content (AvgIpc) is 2.31. The van der Waals surface area contributed by atoms with Crippen molar-refractivity contribution in [2.24, 2.45) is 5.73 Å². The van der Waals surface area contributed by atoms with Crippen molar-refractivity contribution in [3.05, 3.63) is 46.4 Å². The van der Waals surface area contributed by atoms with Gasteiger partial charge in [0.25, 0.3) is 11.5 Å². The zero-order valence-corrected chi connectivity index (χ0v) is 10.0. The number of hydrogen-bond acceptors (Lipinski definition) is 5. The van der Waals surface area contributed by atoms with E-state index in [1.807, 2.05) is 0 Å². The lowest BCUT2D eigenvalue weighted by molar-refractivity contribution is 0.100. The van der Waals surface area contributed by atoms with Gasteiger partial charge in [-0.05, 0) is 23.9 Å². The van der Waals surface area contributed by atoms with E-state index in [-0.39, 0.29) is 16.8 Å². The van der Waals surface area contributed by atoms with Crippen molar-refractivity contribution in [3.63, 3.8) is 0 Å². The van der Waals surface area contributed by atoms with E-state index < -0.39 is 5.91 Å². The molecule has 2 rings (SSSR count). The third-order valence-corrected chi connectivity index (χ3v) is 3.16. The van der Waals surface area contributed by atoms with Crippen LogP contribution in [0.15, 0.2) is 45.3 Å². The first-order valence-electron chi connectivity index (χ1n) is 4.99. The van der Waals surface area contributed by atoms with Crippen LogP contribution in [0.5, 0.6) is 0 Å². The molecule has 0 unspecified atom stereocenters. The number of anilines is 1. The topological polar surface area (TPSA) is 115 Å². The second kappa shape index (κ2) is 4.92. The minimum Gasteiger partial charge on any atom is -0.397 e. The number of aromatic amines is 1. The number of hydrogen-bond donors (Lipinski definition) is 3. The molecular formula is C11H10N4O2S. The van der Waals surface area contributed by atoms with Crippen molar-refractivity contribution in [3.8, 4) is 0 Å². The lowest BCUT2D eigenvalue weighted by Crippen LogP contribution is -2.13. The normalized spacial score (nSPS) is 10.2. The SMILES string of the molecule is NC(=O)c1cccc(Sc2nccc(=O)[nH]2)c1N. The molecule has 0 atom stereocenters. The highest BCUT2D eigenvalue weighted by Gasteiger charge is 2.11. The molecule has 92 valence electrons. The Labute approximate surface area is 106 Å². The summed E-state index contributed by atoms with van der Waals surface area (Å²) in [7, 11) is 0. The van der Waals surface area contributed by atoms with Gasteiger partial charge < -0.3 is 16.5 Å². The van der Waals surface area contributed by atoms with Crippen molar-refractivity contribution in [1.82, 2.24) is 9.97 Å². The molecule has 7 heteroatoms. The van der Waals surface area contributed by atoms with E-state index in [1.165, 1.54) is 12.3 Å². The Morgan fingerprint density at radius 2 is 2.11 bits per heavy atom. The number of nitrogens with two attached hydrogens (primary N) is 2. The minimum atomic E-state index is -0.593. The second-order valence-electron chi connectivity index (χ2n) is 3.42. The first-order valence-corrected chi connectivity index (χ1v) is 5.81. The monoisotopic (exact) mass is 262 g/mol. The van der Waals surface area contributed by atoms with Gasteiger partial charge in [0.05, 0.1) is 11.3 Å². The Bertz CT molecular complexity index is 653. The molecule has 1 aromatic heterocycles. The maximum absolute atomic E-state index is 11.1. The van der Waals surface area contributed by atoms with Crippen LogP contribution in [0.2, 0.25) is 0 Å². The maximum Gasteiger partial charge on any atom is 0.251 e. The number of carbonyl (C=O) groups excluding carboxylic acids is 1. The molecule has 0 saturated carbocycles. The number of rotatable bonds is 3. The minimum absolute atomic E-state index is 0.248. The van der Waals surface area contributed by atoms with Crippen molar-refractivity contribution >= 4 is 23.4 Å². The number of nitrogen functional groups attached to an aromatic ring is 1. The summed E-state index contributed by atoms with van der Waals surface area (Å²) in [6.45, 7) is 0. The molecule has 0 spiro atoms. The van der Waals surface area contributed by atoms with Gasteiger partial charge in [0.1, 0.15) is 0 Å². The summed E-state index contributed by atoms with van der Waals surface area (Å²) in [6.07, 6.45) is 1.40. The third-order valence-electron chi connectivity index (χ3n) is 2.19. The molecule has 2 aromatic rings. The molecule has 0 aliphatic rings. The number of aromatic nitrogens is 2. The Kier molecular flexibility index (Phi) is 3.33. The lowest BCUT2D eigenvalue weighted by Gasteiger charge is -2.07.